The number of carbonyl (C=O) groups is 1. The lowest BCUT2D eigenvalue weighted by Gasteiger charge is -2.28. The molecule has 3 aromatic carbocycles. The van der Waals surface area contributed by atoms with Crippen LogP contribution in [0, 0.1) is 6.92 Å². The van der Waals surface area contributed by atoms with E-state index in [4.69, 9.17) is 14.5 Å². The molecule has 0 bridgehead atoms. The maximum Gasteiger partial charge on any atom is 0.342 e. The summed E-state index contributed by atoms with van der Waals surface area (Å²) >= 11 is 1.76. The Morgan fingerprint density at radius 3 is 1.95 bits per heavy atom. The largest absolute Gasteiger partial charge is 0.462 e. The number of rotatable bonds is 6. The van der Waals surface area contributed by atoms with E-state index >= 15 is 0 Å². The van der Waals surface area contributed by atoms with E-state index in [2.05, 4.69) is 72.8 Å². The number of nitrogens with zero attached hydrogens (tertiary/aromatic N) is 2. The van der Waals surface area contributed by atoms with Gasteiger partial charge in [0, 0.05) is 26.2 Å². The van der Waals surface area contributed by atoms with Crippen molar-refractivity contribution in [3.63, 3.8) is 0 Å². The van der Waals surface area contributed by atoms with E-state index in [1.54, 1.807) is 11.3 Å². The third-order valence-electron chi connectivity index (χ3n) is 7.38. The predicted molar refractivity (Wildman–Crippen MR) is 164 cm³/mol. The summed E-state index contributed by atoms with van der Waals surface area (Å²) in [6.07, 6.45) is 4.36. The van der Waals surface area contributed by atoms with Crippen molar-refractivity contribution in [3.05, 3.63) is 113 Å². The topological polar surface area (TPSA) is 51.5 Å². The van der Waals surface area contributed by atoms with Gasteiger partial charge in [0.1, 0.15) is 10.4 Å². The van der Waals surface area contributed by atoms with Gasteiger partial charge in [0.15, 0.2) is 0 Å². The fraction of sp³-hybridized carbons (Fsp3) is 0.212. The highest BCUT2D eigenvalue weighted by Gasteiger charge is 2.32. The molecule has 6 heteroatoms. The van der Waals surface area contributed by atoms with Crippen LogP contribution in [0.5, 0.6) is 0 Å². The number of hydrogen-bond acceptors (Lipinski definition) is 5. The van der Waals surface area contributed by atoms with Gasteiger partial charge in [0.2, 0.25) is 0 Å². The van der Waals surface area contributed by atoms with Crippen molar-refractivity contribution < 1.29 is 9.53 Å². The zero-order chi connectivity index (χ0) is 26.8. The molecular weight excluding hydrogens is 519 g/mol. The molecule has 0 saturated carbocycles. The molecule has 2 heterocycles. The first-order valence-corrected chi connectivity index (χ1v) is 16.1. The lowest BCUT2D eigenvalue weighted by atomic mass is 9.95. The summed E-state index contributed by atoms with van der Waals surface area (Å²) in [5.41, 5.74) is 3.21. The summed E-state index contributed by atoms with van der Waals surface area (Å²) in [6, 6.07) is 31.7. The summed E-state index contributed by atoms with van der Waals surface area (Å²) in [5.74, 6) is -0.355. The second kappa shape index (κ2) is 10.9. The van der Waals surface area contributed by atoms with Crippen LogP contribution in [-0.4, -0.2) is 17.6 Å². The van der Waals surface area contributed by atoms with Crippen LogP contribution in [0.2, 0.25) is 0 Å². The van der Waals surface area contributed by atoms with Crippen molar-refractivity contribution in [2.45, 2.75) is 39.5 Å². The van der Waals surface area contributed by atoms with Gasteiger partial charge in [0.05, 0.1) is 25.0 Å². The van der Waals surface area contributed by atoms with Gasteiger partial charge in [-0.1, -0.05) is 91.0 Å². The number of ether oxygens (including phenoxy) is 1. The van der Waals surface area contributed by atoms with E-state index in [1.807, 2.05) is 32.0 Å². The Kier molecular flexibility index (Phi) is 7.20. The smallest absolute Gasteiger partial charge is 0.342 e. The Balaban J connectivity index is 1.84. The van der Waals surface area contributed by atoms with Crippen LogP contribution in [0.3, 0.4) is 0 Å². The van der Waals surface area contributed by atoms with Crippen LogP contribution >= 0.6 is 18.4 Å². The summed E-state index contributed by atoms with van der Waals surface area (Å²) in [7, 11) is -2.60. The van der Waals surface area contributed by atoms with E-state index < -0.39 is 7.05 Å². The number of thiophene rings is 1. The van der Waals surface area contributed by atoms with Crippen LogP contribution in [-0.2, 0) is 17.6 Å². The molecule has 0 atom stereocenters. The first kappa shape index (κ1) is 25.7. The molecule has 2 aromatic heterocycles. The molecule has 0 saturated heterocycles. The standard InChI is InChI=1S/C33H31N2O2PS/c1-3-37-33(36)29-23(2)34-32-30(27-21-13-14-22-28(27)39-32)31(29)35-38(24-15-7-4-8-16-24,25-17-9-5-10-18-25)26-19-11-6-12-20-26/h4-12,15-20H,3,13-14,21-22H2,1-2H3. The number of aryl methyl sites for hydroxylation is 3. The summed E-state index contributed by atoms with van der Waals surface area (Å²) < 4.78 is 11.5. The summed E-state index contributed by atoms with van der Waals surface area (Å²) in [6.45, 7) is 4.06. The molecular formula is C33H31N2O2PS. The van der Waals surface area contributed by atoms with Crippen LogP contribution in [0.15, 0.2) is 95.7 Å². The minimum Gasteiger partial charge on any atom is -0.462 e. The molecule has 1 aliphatic rings. The van der Waals surface area contributed by atoms with E-state index in [-0.39, 0.29) is 5.97 Å². The normalized spacial score (nSPS) is 13.2. The van der Waals surface area contributed by atoms with Crippen LogP contribution < -0.4 is 15.9 Å². The Labute approximate surface area is 233 Å². The molecule has 4 nitrogen and oxygen atoms in total. The number of pyridine rings is 1. The highest BCUT2D eigenvalue weighted by atomic mass is 32.1. The number of esters is 1. The van der Waals surface area contributed by atoms with Crippen molar-refractivity contribution in [2.24, 2.45) is 4.74 Å². The van der Waals surface area contributed by atoms with Crippen LogP contribution in [0.4, 0.5) is 5.69 Å². The molecule has 0 aliphatic heterocycles. The maximum absolute atomic E-state index is 13.6. The predicted octanol–water partition coefficient (Wildman–Crippen LogP) is 7.47. The van der Waals surface area contributed by atoms with E-state index in [0.29, 0.717) is 17.9 Å². The molecule has 0 N–H and O–H groups in total. The first-order valence-electron chi connectivity index (χ1n) is 13.5. The van der Waals surface area contributed by atoms with Crippen molar-refractivity contribution in [1.29, 1.82) is 0 Å². The monoisotopic (exact) mass is 550 g/mol. The highest BCUT2D eigenvalue weighted by Crippen LogP contribution is 2.53. The minimum absolute atomic E-state index is 0.299. The summed E-state index contributed by atoms with van der Waals surface area (Å²) in [4.78, 5) is 20.9. The van der Waals surface area contributed by atoms with Crippen LogP contribution in [0.1, 0.15) is 46.3 Å². The van der Waals surface area contributed by atoms with Crippen LogP contribution in [0.25, 0.3) is 10.2 Å². The molecule has 39 heavy (non-hydrogen) atoms. The minimum atomic E-state index is -2.60. The van der Waals surface area contributed by atoms with Gasteiger partial charge in [-0.3, -0.25) is 4.74 Å². The SMILES string of the molecule is CCOC(=O)c1c(C)nc2sc3c(c2c1N=P(c1ccccc1)(c1ccccc1)c1ccccc1)CCCC3. The lowest BCUT2D eigenvalue weighted by molar-refractivity contribution is 0.0526. The van der Waals surface area contributed by atoms with Gasteiger partial charge in [-0.2, -0.15) is 0 Å². The number of benzene rings is 3. The molecule has 0 amide bonds. The summed E-state index contributed by atoms with van der Waals surface area (Å²) in [5, 5.41) is 4.47. The van der Waals surface area contributed by atoms with Crippen molar-refractivity contribution in [3.8, 4) is 0 Å². The third-order valence-corrected chi connectivity index (χ3v) is 12.2. The zero-order valence-electron chi connectivity index (χ0n) is 22.3. The van der Waals surface area contributed by atoms with Gasteiger partial charge in [-0.05, 0) is 45.1 Å². The zero-order valence-corrected chi connectivity index (χ0v) is 24.0. The van der Waals surface area contributed by atoms with Crippen molar-refractivity contribution in [2.75, 3.05) is 6.61 Å². The van der Waals surface area contributed by atoms with E-state index in [1.165, 1.54) is 16.9 Å². The average molecular weight is 551 g/mol. The van der Waals surface area contributed by atoms with Gasteiger partial charge >= 0.3 is 5.97 Å². The molecule has 1 aliphatic carbocycles. The maximum atomic E-state index is 13.6. The fourth-order valence-electron chi connectivity index (χ4n) is 5.63. The fourth-order valence-corrected chi connectivity index (χ4v) is 10.5. The number of hydrogen-bond donors (Lipinski definition) is 0. The van der Waals surface area contributed by atoms with Gasteiger partial charge in [0.25, 0.3) is 0 Å². The molecule has 0 spiro atoms. The number of carbonyl (C=O) groups excluding carboxylic acids is 1. The molecule has 5 aromatic rings. The Hall–Kier alpha value is -3.53. The first-order chi connectivity index (χ1) is 19.1. The number of fused-ring (bicyclic) bond motifs is 3. The van der Waals surface area contributed by atoms with E-state index in [0.717, 1.165) is 51.1 Å². The molecule has 6 rings (SSSR count). The van der Waals surface area contributed by atoms with Crippen molar-refractivity contribution in [1.82, 2.24) is 4.98 Å². The third kappa shape index (κ3) is 4.54. The molecule has 0 fully saturated rings. The molecule has 0 radical (unpaired) electrons. The van der Waals surface area contributed by atoms with Gasteiger partial charge < -0.3 is 4.74 Å². The lowest BCUT2D eigenvalue weighted by Crippen LogP contribution is -2.25. The number of aromatic nitrogens is 1. The Morgan fingerprint density at radius 1 is 0.872 bits per heavy atom. The second-order valence-corrected chi connectivity index (χ2v) is 13.9. The van der Waals surface area contributed by atoms with Crippen molar-refractivity contribution >= 4 is 56.2 Å². The molecule has 0 unspecified atom stereocenters. The molecule has 196 valence electrons. The quantitative estimate of drug-likeness (QED) is 0.163. The average Bonchev–Trinajstić information content (AvgIpc) is 3.35. The van der Waals surface area contributed by atoms with Gasteiger partial charge in [-0.15, -0.1) is 11.3 Å². The highest BCUT2D eigenvalue weighted by molar-refractivity contribution is 7.87. The Bertz CT molecular complexity index is 1590. The Morgan fingerprint density at radius 2 is 1.41 bits per heavy atom. The van der Waals surface area contributed by atoms with E-state index in [9.17, 15) is 4.79 Å². The second-order valence-electron chi connectivity index (χ2n) is 9.77. The van der Waals surface area contributed by atoms with Gasteiger partial charge in [-0.25, -0.2) is 9.78 Å².